The van der Waals surface area contributed by atoms with Crippen molar-refractivity contribution < 1.29 is 4.79 Å². The van der Waals surface area contributed by atoms with Gasteiger partial charge in [-0.1, -0.05) is 23.7 Å². The number of hydrogen-bond acceptors (Lipinski definition) is 2. The number of aromatic nitrogens is 1. The van der Waals surface area contributed by atoms with Crippen molar-refractivity contribution >= 4 is 17.5 Å². The molecule has 3 atom stereocenters. The van der Waals surface area contributed by atoms with E-state index < -0.39 is 0 Å². The number of amides is 1. The molecule has 22 heavy (non-hydrogen) atoms. The first-order valence-corrected chi connectivity index (χ1v) is 7.90. The van der Waals surface area contributed by atoms with Gasteiger partial charge in [-0.2, -0.15) is 0 Å². The summed E-state index contributed by atoms with van der Waals surface area (Å²) in [6.45, 7) is 4.03. The van der Waals surface area contributed by atoms with Gasteiger partial charge in [0.25, 0.3) is 0 Å². The normalized spacial score (nSPS) is 21.2. The predicted octanol–water partition coefficient (Wildman–Crippen LogP) is 4.02. The molecule has 1 aliphatic carbocycles. The number of rotatable bonds is 4. The van der Waals surface area contributed by atoms with E-state index in [4.69, 9.17) is 11.6 Å². The van der Waals surface area contributed by atoms with Gasteiger partial charge in [0.1, 0.15) is 0 Å². The summed E-state index contributed by atoms with van der Waals surface area (Å²) >= 11 is 6.02. The average Bonchev–Trinajstić information content (AvgIpc) is 3.28. The predicted molar refractivity (Wildman–Crippen MR) is 87.8 cm³/mol. The topological polar surface area (TPSA) is 42.0 Å². The van der Waals surface area contributed by atoms with Crippen LogP contribution in [0.15, 0.2) is 42.7 Å². The Morgan fingerprint density at radius 1 is 1.41 bits per heavy atom. The smallest absolute Gasteiger partial charge is 0.224 e. The fraction of sp³-hybridized carbons (Fsp3) is 0.333. The number of pyridine rings is 1. The Hall–Kier alpha value is -1.87. The van der Waals surface area contributed by atoms with Crippen LogP contribution in [0.25, 0.3) is 0 Å². The molecule has 0 radical (unpaired) electrons. The molecule has 1 aliphatic rings. The molecule has 3 rings (SSSR count). The van der Waals surface area contributed by atoms with Gasteiger partial charge in [-0.05, 0) is 61.1 Å². The molecule has 0 spiro atoms. The van der Waals surface area contributed by atoms with E-state index in [1.54, 1.807) is 6.20 Å². The number of hydrogen-bond donors (Lipinski definition) is 1. The average molecular weight is 315 g/mol. The Bertz CT molecular complexity index is 701. The van der Waals surface area contributed by atoms with E-state index in [-0.39, 0.29) is 17.9 Å². The minimum Gasteiger partial charge on any atom is -0.349 e. The quantitative estimate of drug-likeness (QED) is 0.926. The van der Waals surface area contributed by atoms with E-state index in [0.29, 0.717) is 5.92 Å². The third-order valence-corrected chi connectivity index (χ3v) is 4.54. The van der Waals surface area contributed by atoms with Crippen LogP contribution in [0, 0.1) is 12.8 Å². The number of halogens is 1. The minimum atomic E-state index is -0.0261. The van der Waals surface area contributed by atoms with E-state index in [1.807, 2.05) is 50.4 Å². The van der Waals surface area contributed by atoms with E-state index >= 15 is 0 Å². The summed E-state index contributed by atoms with van der Waals surface area (Å²) in [6.07, 6.45) is 4.48. The van der Waals surface area contributed by atoms with Gasteiger partial charge >= 0.3 is 0 Å². The van der Waals surface area contributed by atoms with E-state index in [1.165, 1.54) is 0 Å². The second kappa shape index (κ2) is 6.09. The van der Waals surface area contributed by atoms with Crippen molar-refractivity contribution in [2.45, 2.75) is 32.2 Å². The fourth-order valence-electron chi connectivity index (χ4n) is 2.92. The molecule has 1 N–H and O–H groups in total. The Labute approximate surface area is 135 Å². The van der Waals surface area contributed by atoms with Gasteiger partial charge in [0.05, 0.1) is 6.04 Å². The molecule has 1 aromatic carbocycles. The molecule has 0 aliphatic heterocycles. The number of nitrogens with one attached hydrogen (secondary N) is 1. The van der Waals surface area contributed by atoms with Crippen molar-refractivity contribution in [2.75, 3.05) is 0 Å². The molecule has 1 saturated carbocycles. The lowest BCUT2D eigenvalue weighted by Crippen LogP contribution is -2.28. The maximum Gasteiger partial charge on any atom is 0.224 e. The SMILES string of the molecule is Cc1ccncc1C(C)NC(=O)[C@@H]1C[C@H]1c1cccc(Cl)c1. The zero-order valence-corrected chi connectivity index (χ0v) is 13.5. The van der Waals surface area contributed by atoms with E-state index in [0.717, 1.165) is 28.1 Å². The Morgan fingerprint density at radius 2 is 2.23 bits per heavy atom. The summed E-state index contributed by atoms with van der Waals surface area (Å²) in [7, 11) is 0. The molecule has 1 amide bonds. The Kier molecular flexibility index (Phi) is 4.16. The Balaban J connectivity index is 1.63. The zero-order valence-electron chi connectivity index (χ0n) is 12.7. The van der Waals surface area contributed by atoms with Crippen LogP contribution in [0.3, 0.4) is 0 Å². The Morgan fingerprint density at radius 3 is 2.95 bits per heavy atom. The van der Waals surface area contributed by atoms with Crippen molar-refractivity contribution in [1.29, 1.82) is 0 Å². The standard InChI is InChI=1S/C18H19ClN2O/c1-11-6-7-20-10-17(11)12(2)21-18(22)16-9-15(16)13-4-3-5-14(19)8-13/h3-8,10,12,15-16H,9H2,1-2H3,(H,21,22)/t12?,15-,16+/m0/s1. The third kappa shape index (κ3) is 3.14. The largest absolute Gasteiger partial charge is 0.349 e. The minimum absolute atomic E-state index is 0.0261. The van der Waals surface area contributed by atoms with E-state index in [9.17, 15) is 4.79 Å². The van der Waals surface area contributed by atoms with Gasteiger partial charge in [-0.3, -0.25) is 9.78 Å². The number of nitrogens with zero attached hydrogens (tertiary/aromatic N) is 1. The van der Waals surface area contributed by atoms with Crippen molar-refractivity contribution in [1.82, 2.24) is 10.3 Å². The molecule has 1 fully saturated rings. The van der Waals surface area contributed by atoms with Crippen molar-refractivity contribution in [2.24, 2.45) is 5.92 Å². The number of benzene rings is 1. The van der Waals surface area contributed by atoms with Gasteiger partial charge < -0.3 is 5.32 Å². The molecule has 1 heterocycles. The highest BCUT2D eigenvalue weighted by Crippen LogP contribution is 2.48. The highest BCUT2D eigenvalue weighted by Gasteiger charge is 2.44. The van der Waals surface area contributed by atoms with Gasteiger partial charge in [0.2, 0.25) is 5.91 Å². The highest BCUT2D eigenvalue weighted by atomic mass is 35.5. The summed E-state index contributed by atoms with van der Waals surface area (Å²) < 4.78 is 0. The first-order chi connectivity index (χ1) is 10.6. The molecular weight excluding hydrogens is 296 g/mol. The number of carbonyl (C=O) groups is 1. The molecule has 4 heteroatoms. The zero-order chi connectivity index (χ0) is 15.7. The van der Waals surface area contributed by atoms with Crippen LogP contribution >= 0.6 is 11.6 Å². The molecular formula is C18H19ClN2O. The molecule has 0 saturated heterocycles. The van der Waals surface area contributed by atoms with Crippen LogP contribution in [-0.2, 0) is 4.79 Å². The van der Waals surface area contributed by atoms with E-state index in [2.05, 4.69) is 10.3 Å². The van der Waals surface area contributed by atoms with Crippen LogP contribution in [0.5, 0.6) is 0 Å². The lowest BCUT2D eigenvalue weighted by atomic mass is 10.0. The highest BCUT2D eigenvalue weighted by molar-refractivity contribution is 6.30. The monoisotopic (exact) mass is 314 g/mol. The fourth-order valence-corrected chi connectivity index (χ4v) is 3.12. The first kappa shape index (κ1) is 15.0. The molecule has 1 unspecified atom stereocenters. The summed E-state index contributed by atoms with van der Waals surface area (Å²) in [5.74, 6) is 0.458. The maximum absolute atomic E-state index is 12.4. The summed E-state index contributed by atoms with van der Waals surface area (Å²) in [6, 6.07) is 9.72. The van der Waals surface area contributed by atoms with Gasteiger partial charge in [0, 0.05) is 23.3 Å². The van der Waals surface area contributed by atoms with Crippen LogP contribution in [0.2, 0.25) is 5.02 Å². The summed E-state index contributed by atoms with van der Waals surface area (Å²) in [4.78, 5) is 16.5. The van der Waals surface area contributed by atoms with Crippen molar-refractivity contribution in [3.8, 4) is 0 Å². The summed E-state index contributed by atoms with van der Waals surface area (Å²) in [5.41, 5.74) is 3.36. The van der Waals surface area contributed by atoms with Crippen LogP contribution in [0.4, 0.5) is 0 Å². The molecule has 0 bridgehead atoms. The van der Waals surface area contributed by atoms with Crippen molar-refractivity contribution in [3.63, 3.8) is 0 Å². The van der Waals surface area contributed by atoms with Crippen molar-refractivity contribution in [3.05, 3.63) is 64.4 Å². The van der Waals surface area contributed by atoms with Crippen LogP contribution < -0.4 is 5.32 Å². The molecule has 114 valence electrons. The maximum atomic E-state index is 12.4. The van der Waals surface area contributed by atoms with Gasteiger partial charge in [-0.15, -0.1) is 0 Å². The van der Waals surface area contributed by atoms with Crippen LogP contribution in [-0.4, -0.2) is 10.9 Å². The molecule has 3 nitrogen and oxygen atoms in total. The van der Waals surface area contributed by atoms with Gasteiger partial charge in [0.15, 0.2) is 0 Å². The second-order valence-electron chi connectivity index (χ2n) is 5.97. The molecule has 1 aromatic heterocycles. The summed E-state index contributed by atoms with van der Waals surface area (Å²) in [5, 5.41) is 3.83. The van der Waals surface area contributed by atoms with Crippen LogP contribution in [0.1, 0.15) is 42.0 Å². The number of aryl methyl sites for hydroxylation is 1. The first-order valence-electron chi connectivity index (χ1n) is 7.52. The van der Waals surface area contributed by atoms with Gasteiger partial charge in [-0.25, -0.2) is 0 Å². The lowest BCUT2D eigenvalue weighted by molar-refractivity contribution is -0.123. The number of carbonyl (C=O) groups excluding carboxylic acids is 1. The molecule has 2 aromatic rings. The lowest BCUT2D eigenvalue weighted by Gasteiger charge is -2.16. The third-order valence-electron chi connectivity index (χ3n) is 4.31. The second-order valence-corrected chi connectivity index (χ2v) is 6.40.